The Hall–Kier alpha value is -1.01. The first-order chi connectivity index (χ1) is 8.55. The predicted molar refractivity (Wildman–Crippen MR) is 69.7 cm³/mol. The summed E-state index contributed by atoms with van der Waals surface area (Å²) >= 11 is 0. The molecule has 1 saturated carbocycles. The lowest BCUT2D eigenvalue weighted by Gasteiger charge is -2.45. The smallest absolute Gasteiger partial charge is 0.188 e. The quantitative estimate of drug-likeness (QED) is 0.847. The number of rotatable bonds is 4. The molecule has 1 aliphatic rings. The molecule has 1 aromatic rings. The van der Waals surface area contributed by atoms with Gasteiger partial charge in [0.15, 0.2) is 5.82 Å². The zero-order chi connectivity index (χ0) is 13.2. The summed E-state index contributed by atoms with van der Waals surface area (Å²) in [6, 6.07) is 0. The second kappa shape index (κ2) is 5.32. The second-order valence-corrected chi connectivity index (χ2v) is 5.68. The van der Waals surface area contributed by atoms with E-state index in [1.54, 1.807) is 7.05 Å². The third kappa shape index (κ3) is 2.70. The van der Waals surface area contributed by atoms with Crippen molar-refractivity contribution >= 4 is 0 Å². The van der Waals surface area contributed by atoms with Crippen molar-refractivity contribution in [2.24, 2.45) is 18.7 Å². The molecular weight excluding hydrogens is 228 g/mol. The third-order valence-electron chi connectivity index (χ3n) is 4.19. The molecule has 2 unspecified atom stereocenters. The van der Waals surface area contributed by atoms with Crippen LogP contribution >= 0.6 is 0 Å². The van der Waals surface area contributed by atoms with Gasteiger partial charge in [-0.25, -0.2) is 0 Å². The molecule has 1 heterocycles. The van der Waals surface area contributed by atoms with E-state index < -0.39 is 0 Å². The number of hydrogen-bond acceptors (Lipinski definition) is 5. The Morgan fingerprint density at radius 3 is 2.89 bits per heavy atom. The number of tetrazole rings is 1. The maximum absolute atomic E-state index is 6.06. The molecule has 1 aliphatic carbocycles. The molecule has 0 aliphatic heterocycles. The van der Waals surface area contributed by atoms with Crippen molar-refractivity contribution in [3.63, 3.8) is 0 Å². The van der Waals surface area contributed by atoms with Crippen LogP contribution in [0.25, 0.3) is 0 Å². The standard InChI is InChI=1S/C12H24N6/c1-10-5-4-6-12(7-10,9-13)17(2)8-11-14-16-18(3)15-11/h10H,4-9,13H2,1-3H3. The molecule has 0 amide bonds. The normalized spacial score (nSPS) is 28.8. The van der Waals surface area contributed by atoms with Crippen LogP contribution < -0.4 is 5.73 Å². The summed E-state index contributed by atoms with van der Waals surface area (Å²) in [5.74, 6) is 1.52. The fourth-order valence-electron chi connectivity index (χ4n) is 3.09. The monoisotopic (exact) mass is 252 g/mol. The minimum atomic E-state index is 0.108. The van der Waals surface area contributed by atoms with Crippen molar-refractivity contribution in [1.82, 2.24) is 25.1 Å². The molecule has 1 fully saturated rings. The second-order valence-electron chi connectivity index (χ2n) is 5.68. The van der Waals surface area contributed by atoms with Gasteiger partial charge in [-0.1, -0.05) is 19.8 Å². The van der Waals surface area contributed by atoms with Gasteiger partial charge in [0, 0.05) is 12.1 Å². The van der Waals surface area contributed by atoms with E-state index in [4.69, 9.17) is 5.73 Å². The minimum absolute atomic E-state index is 0.108. The number of nitrogens with two attached hydrogens (primary N) is 1. The van der Waals surface area contributed by atoms with Crippen molar-refractivity contribution in [2.75, 3.05) is 13.6 Å². The number of aromatic nitrogens is 4. The topological polar surface area (TPSA) is 72.9 Å². The summed E-state index contributed by atoms with van der Waals surface area (Å²) in [5.41, 5.74) is 6.16. The summed E-state index contributed by atoms with van der Waals surface area (Å²) in [6.45, 7) is 3.74. The Labute approximate surface area is 109 Å². The number of nitrogens with zero attached hydrogens (tertiary/aromatic N) is 5. The van der Waals surface area contributed by atoms with E-state index in [9.17, 15) is 0 Å². The highest BCUT2D eigenvalue weighted by molar-refractivity contribution is 4.96. The first-order valence-electron chi connectivity index (χ1n) is 6.70. The number of hydrogen-bond donors (Lipinski definition) is 1. The fourth-order valence-corrected chi connectivity index (χ4v) is 3.09. The first kappa shape index (κ1) is 13.4. The van der Waals surface area contributed by atoms with Gasteiger partial charge in [0.2, 0.25) is 0 Å². The SMILES string of the molecule is CC1CCCC(CN)(N(C)Cc2nnn(C)n2)C1. The molecule has 0 spiro atoms. The van der Waals surface area contributed by atoms with E-state index in [0.717, 1.165) is 18.3 Å². The molecule has 6 heteroatoms. The molecule has 18 heavy (non-hydrogen) atoms. The van der Waals surface area contributed by atoms with E-state index in [1.807, 2.05) is 0 Å². The van der Waals surface area contributed by atoms with Gasteiger partial charge in [-0.3, -0.25) is 4.90 Å². The Morgan fingerprint density at radius 2 is 2.33 bits per heavy atom. The zero-order valence-electron chi connectivity index (χ0n) is 11.6. The van der Waals surface area contributed by atoms with Gasteiger partial charge in [0.05, 0.1) is 13.6 Å². The molecule has 0 saturated heterocycles. The van der Waals surface area contributed by atoms with Crippen molar-refractivity contribution in [3.8, 4) is 0 Å². The Bertz CT molecular complexity index is 390. The predicted octanol–water partition coefficient (Wildman–Crippen LogP) is 0.550. The van der Waals surface area contributed by atoms with Gasteiger partial charge in [0.25, 0.3) is 0 Å². The van der Waals surface area contributed by atoms with E-state index >= 15 is 0 Å². The molecule has 6 nitrogen and oxygen atoms in total. The third-order valence-corrected chi connectivity index (χ3v) is 4.19. The molecule has 2 atom stereocenters. The average Bonchev–Trinajstić information content (AvgIpc) is 2.74. The van der Waals surface area contributed by atoms with Crippen LogP contribution in [0.3, 0.4) is 0 Å². The fraction of sp³-hybridized carbons (Fsp3) is 0.917. The van der Waals surface area contributed by atoms with Crippen LogP contribution in [0.15, 0.2) is 0 Å². The molecule has 2 rings (SSSR count). The Balaban J connectivity index is 2.07. The van der Waals surface area contributed by atoms with Crippen molar-refractivity contribution < 1.29 is 0 Å². The summed E-state index contributed by atoms with van der Waals surface area (Å²) in [5, 5.41) is 12.2. The van der Waals surface area contributed by atoms with Crippen LogP contribution in [-0.2, 0) is 13.6 Å². The van der Waals surface area contributed by atoms with Crippen LogP contribution in [0.1, 0.15) is 38.4 Å². The molecule has 0 radical (unpaired) electrons. The van der Waals surface area contributed by atoms with Crippen molar-refractivity contribution in [2.45, 2.75) is 44.7 Å². The molecule has 0 aromatic carbocycles. The van der Waals surface area contributed by atoms with Gasteiger partial charge in [-0.05, 0) is 31.0 Å². The number of aryl methyl sites for hydroxylation is 1. The Kier molecular flexibility index (Phi) is 3.97. The van der Waals surface area contributed by atoms with Gasteiger partial charge in [-0.2, -0.15) is 4.80 Å². The van der Waals surface area contributed by atoms with Gasteiger partial charge >= 0.3 is 0 Å². The van der Waals surface area contributed by atoms with Crippen LogP contribution in [0, 0.1) is 5.92 Å². The van der Waals surface area contributed by atoms with Crippen molar-refractivity contribution in [3.05, 3.63) is 5.82 Å². The zero-order valence-corrected chi connectivity index (χ0v) is 11.6. The molecule has 102 valence electrons. The van der Waals surface area contributed by atoms with E-state index in [2.05, 4.69) is 34.3 Å². The highest BCUT2D eigenvalue weighted by atomic mass is 15.6. The summed E-state index contributed by atoms with van der Waals surface area (Å²) in [6.07, 6.45) is 4.92. The van der Waals surface area contributed by atoms with Gasteiger partial charge in [-0.15, -0.1) is 10.2 Å². The summed E-state index contributed by atoms with van der Waals surface area (Å²) in [4.78, 5) is 3.82. The molecule has 0 bridgehead atoms. The Morgan fingerprint density at radius 1 is 1.56 bits per heavy atom. The summed E-state index contributed by atoms with van der Waals surface area (Å²) in [7, 11) is 3.92. The lowest BCUT2D eigenvalue weighted by atomic mass is 9.75. The maximum atomic E-state index is 6.06. The van der Waals surface area contributed by atoms with Crippen LogP contribution in [0.4, 0.5) is 0 Å². The highest BCUT2D eigenvalue weighted by Gasteiger charge is 2.37. The lowest BCUT2D eigenvalue weighted by molar-refractivity contribution is 0.0534. The maximum Gasteiger partial charge on any atom is 0.188 e. The molecular formula is C12H24N6. The van der Waals surface area contributed by atoms with Crippen LogP contribution in [0.2, 0.25) is 0 Å². The lowest BCUT2D eigenvalue weighted by Crippen LogP contribution is -2.54. The molecule has 2 N–H and O–H groups in total. The van der Waals surface area contributed by atoms with E-state index in [-0.39, 0.29) is 5.54 Å². The van der Waals surface area contributed by atoms with Crippen LogP contribution in [0.5, 0.6) is 0 Å². The van der Waals surface area contributed by atoms with Gasteiger partial charge in [0.1, 0.15) is 0 Å². The first-order valence-corrected chi connectivity index (χ1v) is 6.70. The number of likely N-dealkylation sites (N-methyl/N-ethyl adjacent to an activating group) is 1. The van der Waals surface area contributed by atoms with E-state index in [0.29, 0.717) is 6.54 Å². The average molecular weight is 252 g/mol. The van der Waals surface area contributed by atoms with Gasteiger partial charge < -0.3 is 5.73 Å². The summed E-state index contributed by atoms with van der Waals surface area (Å²) < 4.78 is 0. The van der Waals surface area contributed by atoms with Crippen molar-refractivity contribution in [1.29, 1.82) is 0 Å². The van der Waals surface area contributed by atoms with Crippen LogP contribution in [-0.4, -0.2) is 44.2 Å². The minimum Gasteiger partial charge on any atom is -0.329 e. The highest BCUT2D eigenvalue weighted by Crippen LogP contribution is 2.35. The van der Waals surface area contributed by atoms with E-state index in [1.165, 1.54) is 30.5 Å². The molecule has 1 aromatic heterocycles. The largest absolute Gasteiger partial charge is 0.329 e.